The van der Waals surface area contributed by atoms with Gasteiger partial charge < -0.3 is 5.32 Å². The van der Waals surface area contributed by atoms with Crippen LogP contribution in [0.15, 0.2) is 48.5 Å². The third-order valence-electron chi connectivity index (χ3n) is 3.96. The predicted molar refractivity (Wildman–Crippen MR) is 96.5 cm³/mol. The number of nitrogens with one attached hydrogen (secondary N) is 1. The highest BCUT2D eigenvalue weighted by Gasteiger charge is 2.15. The van der Waals surface area contributed by atoms with Crippen LogP contribution < -0.4 is 5.32 Å². The van der Waals surface area contributed by atoms with E-state index >= 15 is 0 Å². The molecular weight excluding hydrogens is 284 g/mol. The van der Waals surface area contributed by atoms with E-state index in [1.54, 1.807) is 0 Å². The summed E-state index contributed by atoms with van der Waals surface area (Å²) >= 11 is 0. The van der Waals surface area contributed by atoms with Gasteiger partial charge >= 0.3 is 0 Å². The second-order valence-corrected chi connectivity index (χ2v) is 6.35. The third-order valence-corrected chi connectivity index (χ3v) is 3.96. The van der Waals surface area contributed by atoms with Crippen LogP contribution in [0.3, 0.4) is 0 Å². The Morgan fingerprint density at radius 1 is 1.09 bits per heavy atom. The Morgan fingerprint density at radius 3 is 2.39 bits per heavy atom. The monoisotopic (exact) mass is 310 g/mol. The lowest BCUT2D eigenvalue weighted by atomic mass is 10.1. The third kappa shape index (κ3) is 5.22. The Morgan fingerprint density at radius 2 is 1.78 bits per heavy atom. The molecule has 0 aliphatic rings. The molecule has 0 atom stereocenters. The van der Waals surface area contributed by atoms with Gasteiger partial charge in [0, 0.05) is 18.3 Å². The van der Waals surface area contributed by atoms with Crippen LogP contribution in [0.5, 0.6) is 0 Å². The molecule has 1 N–H and O–H groups in total. The van der Waals surface area contributed by atoms with E-state index in [-0.39, 0.29) is 5.91 Å². The van der Waals surface area contributed by atoms with Crippen molar-refractivity contribution in [3.05, 3.63) is 65.2 Å². The maximum Gasteiger partial charge on any atom is 0.238 e. The van der Waals surface area contributed by atoms with Gasteiger partial charge in [-0.15, -0.1) is 0 Å². The Labute approximate surface area is 139 Å². The molecule has 2 aromatic carbocycles. The van der Waals surface area contributed by atoms with E-state index in [1.165, 1.54) is 11.1 Å². The van der Waals surface area contributed by atoms with Crippen LogP contribution in [0.25, 0.3) is 0 Å². The van der Waals surface area contributed by atoms with Crippen molar-refractivity contribution in [2.45, 2.75) is 40.3 Å². The topological polar surface area (TPSA) is 32.3 Å². The van der Waals surface area contributed by atoms with Gasteiger partial charge in [0.05, 0.1) is 6.54 Å². The number of rotatable bonds is 6. The molecule has 1 amide bonds. The zero-order chi connectivity index (χ0) is 16.8. The van der Waals surface area contributed by atoms with Crippen LogP contribution in [0.2, 0.25) is 0 Å². The minimum absolute atomic E-state index is 0.0292. The SMILES string of the molecule is Cc1ccc(NC(=O)CN(Cc2ccccc2)C(C)C)c(C)c1. The number of carbonyl (C=O) groups is 1. The van der Waals surface area contributed by atoms with Gasteiger partial charge in [-0.3, -0.25) is 9.69 Å². The van der Waals surface area contributed by atoms with Gasteiger partial charge in [0.15, 0.2) is 0 Å². The van der Waals surface area contributed by atoms with Crippen LogP contribution in [0, 0.1) is 13.8 Å². The number of benzene rings is 2. The molecule has 2 rings (SSSR count). The Balaban J connectivity index is 2.00. The van der Waals surface area contributed by atoms with Gasteiger partial charge in [0.25, 0.3) is 0 Å². The molecule has 0 unspecified atom stereocenters. The second-order valence-electron chi connectivity index (χ2n) is 6.35. The van der Waals surface area contributed by atoms with Gasteiger partial charge in [-0.2, -0.15) is 0 Å². The number of aryl methyl sites for hydroxylation is 2. The van der Waals surface area contributed by atoms with E-state index in [4.69, 9.17) is 0 Å². The first-order valence-electron chi connectivity index (χ1n) is 8.11. The van der Waals surface area contributed by atoms with E-state index in [9.17, 15) is 4.79 Å². The quantitative estimate of drug-likeness (QED) is 0.869. The highest BCUT2D eigenvalue weighted by Crippen LogP contribution is 2.16. The Kier molecular flexibility index (Phi) is 5.94. The molecule has 122 valence electrons. The van der Waals surface area contributed by atoms with Crippen LogP contribution in [0.1, 0.15) is 30.5 Å². The number of hydrogen-bond acceptors (Lipinski definition) is 2. The molecule has 0 heterocycles. The molecular formula is C20H26N2O. The summed E-state index contributed by atoms with van der Waals surface area (Å²) < 4.78 is 0. The largest absolute Gasteiger partial charge is 0.325 e. The maximum atomic E-state index is 12.4. The van der Waals surface area contributed by atoms with Crippen molar-refractivity contribution in [3.8, 4) is 0 Å². The molecule has 0 saturated carbocycles. The molecule has 0 spiro atoms. The summed E-state index contributed by atoms with van der Waals surface area (Å²) in [6, 6.07) is 16.6. The number of amides is 1. The zero-order valence-corrected chi connectivity index (χ0v) is 14.5. The van der Waals surface area contributed by atoms with E-state index in [0.717, 1.165) is 17.8 Å². The van der Waals surface area contributed by atoms with E-state index in [1.807, 2.05) is 37.3 Å². The minimum Gasteiger partial charge on any atom is -0.325 e. The molecule has 2 aromatic rings. The molecule has 3 heteroatoms. The fraction of sp³-hybridized carbons (Fsp3) is 0.350. The molecule has 0 aromatic heterocycles. The fourth-order valence-electron chi connectivity index (χ4n) is 2.57. The highest BCUT2D eigenvalue weighted by molar-refractivity contribution is 5.93. The summed E-state index contributed by atoms with van der Waals surface area (Å²) in [5, 5.41) is 3.03. The highest BCUT2D eigenvalue weighted by atomic mass is 16.2. The Bertz CT molecular complexity index is 650. The van der Waals surface area contributed by atoms with Gasteiger partial charge in [0.2, 0.25) is 5.91 Å². The second kappa shape index (κ2) is 7.93. The lowest BCUT2D eigenvalue weighted by molar-refractivity contribution is -0.117. The van der Waals surface area contributed by atoms with Gasteiger partial charge in [-0.05, 0) is 44.9 Å². The average Bonchev–Trinajstić information content (AvgIpc) is 2.50. The molecule has 0 fully saturated rings. The van der Waals surface area contributed by atoms with E-state index in [2.05, 4.69) is 49.2 Å². The summed E-state index contributed by atoms with van der Waals surface area (Å²) in [6.07, 6.45) is 0. The molecule has 0 bridgehead atoms. The number of nitrogens with zero attached hydrogens (tertiary/aromatic N) is 1. The Hall–Kier alpha value is -2.13. The van der Waals surface area contributed by atoms with Gasteiger partial charge in [-0.1, -0.05) is 48.0 Å². The predicted octanol–water partition coefficient (Wildman–Crippen LogP) is 4.15. The number of hydrogen-bond donors (Lipinski definition) is 1. The molecule has 0 saturated heterocycles. The molecule has 0 aliphatic carbocycles. The van der Waals surface area contributed by atoms with Crippen LogP contribution in [-0.2, 0) is 11.3 Å². The summed E-state index contributed by atoms with van der Waals surface area (Å²) in [5.74, 6) is 0.0292. The molecule has 23 heavy (non-hydrogen) atoms. The summed E-state index contributed by atoms with van der Waals surface area (Å²) in [4.78, 5) is 14.6. The fourth-order valence-corrected chi connectivity index (χ4v) is 2.57. The van der Waals surface area contributed by atoms with Crippen molar-refractivity contribution < 1.29 is 4.79 Å². The van der Waals surface area contributed by atoms with Crippen molar-refractivity contribution in [2.24, 2.45) is 0 Å². The van der Waals surface area contributed by atoms with Crippen LogP contribution in [-0.4, -0.2) is 23.4 Å². The van der Waals surface area contributed by atoms with Crippen molar-refractivity contribution in [1.29, 1.82) is 0 Å². The van der Waals surface area contributed by atoms with E-state index in [0.29, 0.717) is 12.6 Å². The van der Waals surface area contributed by atoms with E-state index < -0.39 is 0 Å². The van der Waals surface area contributed by atoms with Gasteiger partial charge in [-0.25, -0.2) is 0 Å². The maximum absolute atomic E-state index is 12.4. The summed E-state index contributed by atoms with van der Waals surface area (Å²) in [6.45, 7) is 9.48. The molecule has 3 nitrogen and oxygen atoms in total. The lowest BCUT2D eigenvalue weighted by Crippen LogP contribution is -2.37. The zero-order valence-electron chi connectivity index (χ0n) is 14.5. The molecule has 0 aliphatic heterocycles. The van der Waals surface area contributed by atoms with Crippen molar-refractivity contribution in [2.75, 3.05) is 11.9 Å². The minimum atomic E-state index is 0.0292. The first-order valence-corrected chi connectivity index (χ1v) is 8.11. The first-order chi connectivity index (χ1) is 11.0. The van der Waals surface area contributed by atoms with Crippen molar-refractivity contribution in [1.82, 2.24) is 4.90 Å². The number of anilines is 1. The first kappa shape index (κ1) is 17.2. The molecule has 0 radical (unpaired) electrons. The van der Waals surface area contributed by atoms with Crippen molar-refractivity contribution >= 4 is 11.6 Å². The standard InChI is InChI=1S/C20H26N2O/c1-15(2)22(13-18-8-6-5-7-9-18)14-20(23)21-19-11-10-16(3)12-17(19)4/h5-12,15H,13-14H2,1-4H3,(H,21,23). The van der Waals surface area contributed by atoms with Crippen molar-refractivity contribution in [3.63, 3.8) is 0 Å². The lowest BCUT2D eigenvalue weighted by Gasteiger charge is -2.26. The number of carbonyl (C=O) groups excluding carboxylic acids is 1. The summed E-state index contributed by atoms with van der Waals surface area (Å²) in [5.41, 5.74) is 4.41. The van der Waals surface area contributed by atoms with Crippen LogP contribution in [0.4, 0.5) is 5.69 Å². The smallest absolute Gasteiger partial charge is 0.238 e. The van der Waals surface area contributed by atoms with Gasteiger partial charge in [0.1, 0.15) is 0 Å². The summed E-state index contributed by atoms with van der Waals surface area (Å²) in [7, 11) is 0. The van der Waals surface area contributed by atoms with Crippen LogP contribution >= 0.6 is 0 Å². The average molecular weight is 310 g/mol. The normalized spacial score (nSPS) is 11.0.